The van der Waals surface area contributed by atoms with Gasteiger partial charge in [0.1, 0.15) is 66.5 Å². The summed E-state index contributed by atoms with van der Waals surface area (Å²) in [5.74, 6) is -14.7. The van der Waals surface area contributed by atoms with Gasteiger partial charge >= 0.3 is 5.97 Å². The van der Waals surface area contributed by atoms with Gasteiger partial charge in [0.15, 0.2) is 0 Å². The lowest BCUT2D eigenvalue weighted by Crippen LogP contribution is -2.62. The summed E-state index contributed by atoms with van der Waals surface area (Å²) in [5, 5.41) is 47.8. The Morgan fingerprint density at radius 3 is 1.54 bits per heavy atom. The molecular weight excluding hydrogens is 1230 g/mol. The van der Waals surface area contributed by atoms with Crippen molar-refractivity contribution in [3.63, 3.8) is 0 Å². The molecule has 2 aromatic heterocycles. The number of nitrogens with one attached hydrogen (secondary N) is 13. The lowest BCUT2D eigenvalue weighted by Gasteiger charge is -2.29. The number of rotatable bonds is 38. The van der Waals surface area contributed by atoms with Crippen LogP contribution in [0.15, 0.2) is 73.3 Å². The number of aliphatic hydroxyl groups excluding tert-OH is 1. The van der Waals surface area contributed by atoms with E-state index >= 15 is 0 Å². The van der Waals surface area contributed by atoms with E-state index in [1.807, 2.05) is 0 Å². The Hall–Kier alpha value is -10.3. The fraction of sp³-hybridized carbons (Fsp3) is 0.492. The van der Waals surface area contributed by atoms with E-state index in [1.165, 1.54) is 40.2 Å². The van der Waals surface area contributed by atoms with Crippen molar-refractivity contribution in [2.75, 3.05) is 6.54 Å². The molecule has 0 bridgehead atoms. The number of carboxylic acids is 1. The first-order chi connectivity index (χ1) is 44.3. The number of fused-ring (bicyclic) bond motifs is 1. The molecule has 0 aliphatic heterocycles. The lowest BCUT2D eigenvalue weighted by molar-refractivity contribution is -0.142. The van der Waals surface area contributed by atoms with Gasteiger partial charge in [0.25, 0.3) is 0 Å². The van der Waals surface area contributed by atoms with Crippen molar-refractivity contribution >= 4 is 93.7 Å². The van der Waals surface area contributed by atoms with Crippen LogP contribution in [-0.2, 0) is 86.4 Å². The minimum absolute atomic E-state index is 0.0606. The Labute approximate surface area is 541 Å². The molecule has 12 atom stereocenters. The van der Waals surface area contributed by atoms with E-state index in [1.54, 1.807) is 88.5 Å². The predicted molar refractivity (Wildman–Crippen MR) is 338 cm³/mol. The number of carbonyl (C=O) groups is 14. The summed E-state index contributed by atoms with van der Waals surface area (Å²) in [7, 11) is 0. The van der Waals surface area contributed by atoms with Crippen molar-refractivity contribution in [2.45, 2.75) is 173 Å². The van der Waals surface area contributed by atoms with Crippen molar-refractivity contribution in [2.24, 2.45) is 29.0 Å². The second-order valence-electron chi connectivity index (χ2n) is 23.5. The number of hydrogen-bond donors (Lipinski definition) is 18. The fourth-order valence-corrected chi connectivity index (χ4v) is 9.51. The number of para-hydroxylation sites is 1. The number of amides is 13. The molecule has 0 aliphatic rings. The van der Waals surface area contributed by atoms with Crippen LogP contribution in [0.2, 0.25) is 0 Å². The molecule has 94 heavy (non-hydrogen) atoms. The Bertz CT molecular complexity index is 3320. The minimum Gasteiger partial charge on any atom is -0.480 e. The molecular formula is C61H87N17O16. The number of benzene rings is 2. The predicted octanol–water partition coefficient (Wildman–Crippen LogP) is -4.42. The van der Waals surface area contributed by atoms with Gasteiger partial charge in [-0.05, 0) is 69.6 Å². The largest absolute Gasteiger partial charge is 0.480 e. The Morgan fingerprint density at radius 2 is 0.989 bits per heavy atom. The standard InChI is InChI=1S/C61H87N17O16/c1-29(2)20-41(58(90)78-50(34(8)79)60(92)77-49(30(3)4)59(91)70-33(7)61(93)94)72-52(84)32(6)69-54(86)45(24-47(64)81)76-55(87)42(21-35-14-10-9-11-15-35)74-53(85)40(18-19-46(63)80)71-56(88)43(22-36-26-66-39-17-13-12-16-38(36)39)75-57(89)44(23-37-27-65-28-67-37)73-51(83)31(5)68-48(82)25-62/h9-17,26-34,40-45,49-50,66,79H,18-25,62H2,1-8H3,(H2,63,80)(H2,64,81)(H,65,67)(H,68,82)(H,69,86)(H,70,91)(H,71,88)(H,72,84)(H,73,83)(H,74,85)(H,75,89)(H,76,87)(H,77,92)(H,78,90)(H,93,94)/t31-,32-,33-,34+,40-,41-,42-,43-,44-,45-,49-,50-/m0/s1. The van der Waals surface area contributed by atoms with Crippen molar-refractivity contribution in [3.8, 4) is 0 Å². The Morgan fingerprint density at radius 1 is 0.500 bits per heavy atom. The number of carboxylic acid groups (broad SMARTS) is 1. The first kappa shape index (κ1) is 76.1. The van der Waals surface area contributed by atoms with E-state index < -0.39 is 187 Å². The number of aliphatic carboxylic acids is 1. The minimum atomic E-state index is -1.84. The van der Waals surface area contributed by atoms with Crippen LogP contribution in [0.3, 0.4) is 0 Å². The summed E-state index contributed by atoms with van der Waals surface area (Å²) in [4.78, 5) is 198. The average molecular weight is 1310 g/mol. The number of aliphatic hydroxyl groups is 1. The van der Waals surface area contributed by atoms with Gasteiger partial charge in [-0.25, -0.2) is 4.98 Å². The molecule has 4 rings (SSSR count). The smallest absolute Gasteiger partial charge is 0.325 e. The zero-order valence-electron chi connectivity index (χ0n) is 53.5. The highest BCUT2D eigenvalue weighted by Gasteiger charge is 2.38. The summed E-state index contributed by atoms with van der Waals surface area (Å²) in [5.41, 5.74) is 18.6. The Kier molecular flexibility index (Phi) is 29.7. The van der Waals surface area contributed by atoms with Gasteiger partial charge in [-0.15, -0.1) is 0 Å². The van der Waals surface area contributed by atoms with Crippen LogP contribution in [0.4, 0.5) is 0 Å². The molecule has 33 heteroatoms. The molecule has 0 saturated carbocycles. The number of aromatic amines is 2. The topological polar surface area (TPSA) is 534 Å². The van der Waals surface area contributed by atoms with E-state index in [0.29, 0.717) is 27.7 Å². The number of aromatic nitrogens is 3. The van der Waals surface area contributed by atoms with Crippen LogP contribution < -0.4 is 75.7 Å². The maximum atomic E-state index is 14.8. The van der Waals surface area contributed by atoms with E-state index in [9.17, 15) is 77.3 Å². The Balaban J connectivity index is 1.61. The molecule has 0 unspecified atom stereocenters. The average Bonchev–Trinajstić information content (AvgIpc) is 1.88. The molecule has 0 saturated heterocycles. The van der Waals surface area contributed by atoms with Crippen LogP contribution in [0.5, 0.6) is 0 Å². The summed E-state index contributed by atoms with van der Waals surface area (Å²) in [6, 6.07) is -1.43. The van der Waals surface area contributed by atoms with Gasteiger partial charge in [0, 0.05) is 54.7 Å². The van der Waals surface area contributed by atoms with Gasteiger partial charge in [0.05, 0.1) is 25.4 Å². The van der Waals surface area contributed by atoms with Gasteiger partial charge in [0.2, 0.25) is 76.8 Å². The normalized spacial score (nSPS) is 15.0. The second kappa shape index (κ2) is 36.7. The number of hydrogen-bond acceptors (Lipinski definition) is 17. The highest BCUT2D eigenvalue weighted by atomic mass is 16.4. The molecule has 21 N–H and O–H groups in total. The van der Waals surface area contributed by atoms with E-state index in [2.05, 4.69) is 73.4 Å². The van der Waals surface area contributed by atoms with Gasteiger partial charge in [-0.1, -0.05) is 76.2 Å². The fourth-order valence-electron chi connectivity index (χ4n) is 9.51. The van der Waals surface area contributed by atoms with Crippen molar-refractivity contribution in [1.82, 2.24) is 73.4 Å². The van der Waals surface area contributed by atoms with Crippen LogP contribution >= 0.6 is 0 Å². The zero-order chi connectivity index (χ0) is 70.1. The second-order valence-corrected chi connectivity index (χ2v) is 23.5. The number of nitrogens with zero attached hydrogens (tertiary/aromatic N) is 1. The first-order valence-corrected chi connectivity index (χ1v) is 30.3. The van der Waals surface area contributed by atoms with Crippen LogP contribution in [-0.4, -0.2) is 187 Å². The van der Waals surface area contributed by atoms with Crippen molar-refractivity contribution in [1.29, 1.82) is 0 Å². The van der Waals surface area contributed by atoms with Crippen molar-refractivity contribution in [3.05, 3.63) is 90.1 Å². The molecule has 33 nitrogen and oxygen atoms in total. The summed E-state index contributed by atoms with van der Waals surface area (Å²) in [6.07, 6.45) is 0.142. The maximum Gasteiger partial charge on any atom is 0.325 e. The summed E-state index contributed by atoms with van der Waals surface area (Å²) in [6.45, 7) is 11.1. The number of imidazole rings is 1. The first-order valence-electron chi connectivity index (χ1n) is 30.3. The van der Waals surface area contributed by atoms with E-state index in [-0.39, 0.29) is 31.6 Å². The number of carbonyl (C=O) groups excluding carboxylic acids is 13. The summed E-state index contributed by atoms with van der Waals surface area (Å²) >= 11 is 0. The third-order valence-electron chi connectivity index (χ3n) is 14.7. The quantitative estimate of drug-likeness (QED) is 0.0201. The van der Waals surface area contributed by atoms with Crippen molar-refractivity contribution < 1.29 is 77.3 Å². The van der Waals surface area contributed by atoms with Gasteiger partial charge in [-0.2, -0.15) is 0 Å². The van der Waals surface area contributed by atoms with E-state index in [0.717, 1.165) is 0 Å². The number of H-pyrrole nitrogens is 2. The molecule has 13 amide bonds. The molecule has 4 aromatic rings. The number of nitrogens with two attached hydrogens (primary N) is 3. The molecule has 0 radical (unpaired) electrons. The SMILES string of the molecule is CC(C)C[C@H](NC(=O)[C@H](C)NC(=O)[C@H](CC(N)=O)NC(=O)[C@H](Cc1ccccc1)NC(=O)[C@H](CCC(N)=O)NC(=O)[C@H](Cc1c[nH]c2ccccc12)NC(=O)[C@H](Cc1cnc[nH]1)NC(=O)[C@H](C)NC(=O)CN)C(=O)N[C@H](C(=O)N[C@H](C(=O)N[C@@H](C)C(=O)O)C(C)C)[C@@H](C)O. The molecule has 0 fully saturated rings. The molecule has 2 aromatic carbocycles. The molecule has 0 aliphatic carbocycles. The van der Waals surface area contributed by atoms with E-state index in [4.69, 9.17) is 17.2 Å². The van der Waals surface area contributed by atoms with Crippen LogP contribution in [0.25, 0.3) is 10.9 Å². The third-order valence-corrected chi connectivity index (χ3v) is 14.7. The monoisotopic (exact) mass is 1310 g/mol. The zero-order valence-corrected chi connectivity index (χ0v) is 53.5. The van der Waals surface area contributed by atoms with Gasteiger partial charge < -0.3 is 95.9 Å². The van der Waals surface area contributed by atoms with Gasteiger partial charge in [-0.3, -0.25) is 67.1 Å². The lowest BCUT2D eigenvalue weighted by atomic mass is 10.0. The summed E-state index contributed by atoms with van der Waals surface area (Å²) < 4.78 is 0. The molecule has 0 spiro atoms. The third kappa shape index (κ3) is 24.4. The highest BCUT2D eigenvalue weighted by molar-refractivity contribution is 6.00. The highest BCUT2D eigenvalue weighted by Crippen LogP contribution is 2.20. The molecule has 512 valence electrons. The number of primary amides is 2. The van der Waals surface area contributed by atoms with Crippen LogP contribution in [0, 0.1) is 11.8 Å². The maximum absolute atomic E-state index is 14.8. The van der Waals surface area contributed by atoms with Crippen LogP contribution in [0.1, 0.15) is 97.9 Å². The molecule has 2 heterocycles.